The van der Waals surface area contributed by atoms with E-state index in [-0.39, 0.29) is 5.48 Å². The predicted molar refractivity (Wildman–Crippen MR) is 127 cm³/mol. The molecule has 1 N–H and O–H groups in total. The van der Waals surface area contributed by atoms with Crippen molar-refractivity contribution >= 4 is 0 Å². The second-order valence-corrected chi connectivity index (χ2v) is 9.19. The summed E-state index contributed by atoms with van der Waals surface area (Å²) >= 11 is 0. The van der Waals surface area contributed by atoms with Gasteiger partial charge in [0.2, 0.25) is 0 Å². The number of hydrogen-bond donors (Lipinski definition) is 0. The molecule has 0 unspecified atom stereocenters. The van der Waals surface area contributed by atoms with Crippen LogP contribution in [0.15, 0.2) is 0 Å². The molecule has 0 rings (SSSR count). The zero-order valence-electron chi connectivity index (χ0n) is 20.5. The quantitative estimate of drug-likeness (QED) is 0.132. The first-order chi connectivity index (χ1) is 13.2. The summed E-state index contributed by atoms with van der Waals surface area (Å²) in [5.74, 6) is 0. The minimum absolute atomic E-state index is 0. The van der Waals surface area contributed by atoms with Crippen LogP contribution in [0, 0.1) is 0 Å². The average molecular weight is 400 g/mol. The molecule has 0 amide bonds. The van der Waals surface area contributed by atoms with Crippen LogP contribution in [0.4, 0.5) is 0 Å². The summed E-state index contributed by atoms with van der Waals surface area (Å²) in [5, 5.41) is 0. The molecule has 0 heterocycles. The van der Waals surface area contributed by atoms with Gasteiger partial charge in [0.05, 0.1) is 26.2 Å². The monoisotopic (exact) mass is 399 g/mol. The number of unbranched alkanes of at least 4 members (excludes halogenated alkanes) is 14. The van der Waals surface area contributed by atoms with Gasteiger partial charge < -0.3 is 9.96 Å². The van der Waals surface area contributed by atoms with Gasteiger partial charge in [0.25, 0.3) is 0 Å². The van der Waals surface area contributed by atoms with Crippen LogP contribution in [0.2, 0.25) is 0 Å². The molecule has 0 aromatic rings. The minimum Gasteiger partial charge on any atom is -0.870 e. The van der Waals surface area contributed by atoms with Crippen molar-refractivity contribution in [3.8, 4) is 0 Å². The van der Waals surface area contributed by atoms with Crippen LogP contribution in [-0.2, 0) is 0 Å². The lowest BCUT2D eigenvalue weighted by Gasteiger charge is -2.39. The van der Waals surface area contributed by atoms with E-state index in [0.717, 1.165) is 0 Å². The van der Waals surface area contributed by atoms with Crippen molar-refractivity contribution in [2.45, 2.75) is 143 Å². The van der Waals surface area contributed by atoms with E-state index in [9.17, 15) is 0 Å². The first kappa shape index (κ1) is 30.1. The van der Waals surface area contributed by atoms with Crippen molar-refractivity contribution in [2.75, 3.05) is 26.2 Å². The van der Waals surface area contributed by atoms with Gasteiger partial charge in [-0.15, -0.1) is 0 Å². The van der Waals surface area contributed by atoms with E-state index in [0.29, 0.717) is 0 Å². The Morgan fingerprint density at radius 2 is 0.536 bits per heavy atom. The van der Waals surface area contributed by atoms with Gasteiger partial charge in [-0.05, 0) is 51.4 Å². The van der Waals surface area contributed by atoms with E-state index in [1.807, 2.05) is 0 Å². The zero-order valence-corrected chi connectivity index (χ0v) is 20.5. The van der Waals surface area contributed by atoms with Crippen LogP contribution in [0.3, 0.4) is 0 Å². The van der Waals surface area contributed by atoms with Gasteiger partial charge in [-0.2, -0.15) is 0 Å². The van der Waals surface area contributed by atoms with Gasteiger partial charge in [0, 0.05) is 0 Å². The van der Waals surface area contributed by atoms with E-state index in [4.69, 9.17) is 0 Å². The third kappa shape index (κ3) is 18.0. The molecule has 0 aliphatic heterocycles. The third-order valence-corrected chi connectivity index (χ3v) is 6.44. The molecular weight excluding hydrogens is 342 g/mol. The van der Waals surface area contributed by atoms with E-state index in [1.54, 1.807) is 0 Å². The SMILES string of the molecule is CCCCCCC[N+](CCCCC)(CCCCCCC)CCCCCCC.[OH-]. The first-order valence-corrected chi connectivity index (χ1v) is 13.1. The van der Waals surface area contributed by atoms with Crippen molar-refractivity contribution in [1.29, 1.82) is 0 Å². The van der Waals surface area contributed by atoms with E-state index < -0.39 is 0 Å². The fourth-order valence-electron chi connectivity index (χ4n) is 4.52. The molecule has 2 heteroatoms. The predicted octanol–water partition coefficient (Wildman–Crippen LogP) is 8.73. The molecular formula is C26H57NO. The molecule has 28 heavy (non-hydrogen) atoms. The van der Waals surface area contributed by atoms with Crippen molar-refractivity contribution in [2.24, 2.45) is 0 Å². The van der Waals surface area contributed by atoms with E-state index in [1.165, 1.54) is 146 Å². The second kappa shape index (κ2) is 23.2. The normalized spacial score (nSPS) is 11.6. The third-order valence-electron chi connectivity index (χ3n) is 6.44. The molecule has 0 saturated heterocycles. The second-order valence-electron chi connectivity index (χ2n) is 9.19. The van der Waals surface area contributed by atoms with Gasteiger partial charge in [0.1, 0.15) is 0 Å². The Bertz CT molecular complexity index is 244. The van der Waals surface area contributed by atoms with Crippen molar-refractivity contribution in [3.63, 3.8) is 0 Å². The summed E-state index contributed by atoms with van der Waals surface area (Å²) in [6.45, 7) is 15.2. The number of nitrogens with zero attached hydrogens (tertiary/aromatic N) is 1. The summed E-state index contributed by atoms with van der Waals surface area (Å²) in [7, 11) is 0. The number of rotatable bonds is 22. The van der Waals surface area contributed by atoms with Gasteiger partial charge in [-0.1, -0.05) is 91.9 Å². The van der Waals surface area contributed by atoms with Crippen molar-refractivity contribution in [3.05, 3.63) is 0 Å². The van der Waals surface area contributed by atoms with Crippen molar-refractivity contribution < 1.29 is 9.96 Å². The Morgan fingerprint density at radius 3 is 0.821 bits per heavy atom. The fourth-order valence-corrected chi connectivity index (χ4v) is 4.52. The van der Waals surface area contributed by atoms with Gasteiger partial charge >= 0.3 is 0 Å². The Labute approximate surface area is 179 Å². The highest BCUT2D eigenvalue weighted by molar-refractivity contribution is 4.53. The highest BCUT2D eigenvalue weighted by Gasteiger charge is 2.25. The summed E-state index contributed by atoms with van der Waals surface area (Å²) < 4.78 is 1.46. The van der Waals surface area contributed by atoms with Crippen LogP contribution in [0.5, 0.6) is 0 Å². The van der Waals surface area contributed by atoms with Crippen molar-refractivity contribution in [1.82, 2.24) is 0 Å². The maximum Gasteiger partial charge on any atom is 0.0786 e. The lowest BCUT2D eigenvalue weighted by Crippen LogP contribution is -2.50. The molecule has 0 saturated carbocycles. The zero-order chi connectivity index (χ0) is 20.1. The lowest BCUT2D eigenvalue weighted by molar-refractivity contribution is -0.929. The first-order valence-electron chi connectivity index (χ1n) is 13.1. The minimum atomic E-state index is 0. The van der Waals surface area contributed by atoms with Crippen LogP contribution < -0.4 is 0 Å². The Kier molecular flexibility index (Phi) is 25.0. The van der Waals surface area contributed by atoms with Gasteiger partial charge in [-0.25, -0.2) is 0 Å². The fraction of sp³-hybridized carbons (Fsp3) is 1.00. The van der Waals surface area contributed by atoms with Crippen LogP contribution >= 0.6 is 0 Å². The molecule has 0 radical (unpaired) electrons. The molecule has 0 aromatic carbocycles. The standard InChI is InChI=1S/C26H56N.H2O/c1-5-9-13-16-20-24-27(23-19-12-8-4,25-21-17-14-10-6-2)26-22-18-15-11-7-3;/h5-26H2,1-4H3;1H2/q+1;/p-1. The maximum absolute atomic E-state index is 2.36. The molecule has 0 fully saturated rings. The molecule has 0 aromatic heterocycles. The summed E-state index contributed by atoms with van der Waals surface area (Å²) in [4.78, 5) is 0. The van der Waals surface area contributed by atoms with Gasteiger partial charge in [0.15, 0.2) is 0 Å². The molecule has 2 nitrogen and oxygen atoms in total. The van der Waals surface area contributed by atoms with E-state index >= 15 is 0 Å². The molecule has 0 bridgehead atoms. The van der Waals surface area contributed by atoms with Crippen LogP contribution in [-0.4, -0.2) is 36.1 Å². The highest BCUT2D eigenvalue weighted by Crippen LogP contribution is 2.19. The van der Waals surface area contributed by atoms with E-state index in [2.05, 4.69) is 27.7 Å². The van der Waals surface area contributed by atoms with Gasteiger partial charge in [-0.3, -0.25) is 0 Å². The summed E-state index contributed by atoms with van der Waals surface area (Å²) in [5.41, 5.74) is 0. The lowest BCUT2D eigenvalue weighted by atomic mass is 10.1. The molecule has 0 atom stereocenters. The average Bonchev–Trinajstić information content (AvgIpc) is 2.67. The van der Waals surface area contributed by atoms with Crippen LogP contribution in [0.1, 0.15) is 143 Å². The van der Waals surface area contributed by atoms with Crippen LogP contribution in [0.25, 0.3) is 0 Å². The summed E-state index contributed by atoms with van der Waals surface area (Å²) in [6.07, 6.45) is 25.8. The summed E-state index contributed by atoms with van der Waals surface area (Å²) in [6, 6.07) is 0. The molecule has 0 spiro atoms. The Hall–Kier alpha value is -0.0800. The highest BCUT2D eigenvalue weighted by atomic mass is 16.0. The largest absolute Gasteiger partial charge is 0.870 e. The molecule has 0 aliphatic rings. The topological polar surface area (TPSA) is 30.0 Å². The maximum atomic E-state index is 2.36. The number of hydrogen-bond acceptors (Lipinski definition) is 1. The molecule has 172 valence electrons. The Morgan fingerprint density at radius 1 is 0.321 bits per heavy atom. The molecule has 0 aliphatic carbocycles. The Balaban J connectivity index is 0. The number of quaternary nitrogens is 1. The smallest absolute Gasteiger partial charge is 0.0786 e.